The van der Waals surface area contributed by atoms with Crippen molar-refractivity contribution >= 4 is 21.7 Å². The molecule has 1 aromatic rings. The van der Waals surface area contributed by atoms with E-state index >= 15 is 0 Å². The van der Waals surface area contributed by atoms with E-state index in [4.69, 9.17) is 9.84 Å². The summed E-state index contributed by atoms with van der Waals surface area (Å²) in [6.07, 6.45) is 1.47. The second-order valence-corrected chi connectivity index (χ2v) is 8.28. The maximum atomic E-state index is 12.5. The van der Waals surface area contributed by atoms with Crippen molar-refractivity contribution in [2.45, 2.75) is 24.2 Å². The number of hydrogen-bond donors (Lipinski definition) is 1. The minimum Gasteiger partial charge on any atom is -0.481 e. The Morgan fingerprint density at radius 1 is 1.20 bits per heavy atom. The monoisotopic (exact) mass is 369 g/mol. The van der Waals surface area contributed by atoms with Gasteiger partial charge in [-0.2, -0.15) is 0 Å². The number of carboxylic acid groups (broad SMARTS) is 1. The van der Waals surface area contributed by atoms with E-state index in [9.17, 15) is 18.0 Å². The third-order valence-corrected chi connectivity index (χ3v) is 6.08. The highest BCUT2D eigenvalue weighted by Gasteiger charge is 2.25. The Morgan fingerprint density at radius 2 is 1.80 bits per heavy atom. The largest absolute Gasteiger partial charge is 0.481 e. The van der Waals surface area contributed by atoms with E-state index < -0.39 is 15.8 Å². The van der Waals surface area contributed by atoms with Crippen LogP contribution in [-0.4, -0.2) is 62.9 Å². The molecule has 0 aliphatic carbocycles. The Bertz CT molecular complexity index is 705. The lowest BCUT2D eigenvalue weighted by Gasteiger charge is -2.31. The van der Waals surface area contributed by atoms with Crippen LogP contribution in [0.4, 0.5) is 0 Å². The quantitative estimate of drug-likeness (QED) is 0.780. The van der Waals surface area contributed by atoms with E-state index in [1.54, 1.807) is 4.90 Å². The summed E-state index contributed by atoms with van der Waals surface area (Å²) in [5, 5.41) is 8.83. The summed E-state index contributed by atoms with van der Waals surface area (Å²) in [6.45, 7) is 1.16. The van der Waals surface area contributed by atoms with Crippen molar-refractivity contribution in [2.75, 3.05) is 32.6 Å². The van der Waals surface area contributed by atoms with Crippen LogP contribution in [0.3, 0.4) is 0 Å². The number of rotatable bonds is 7. The van der Waals surface area contributed by atoms with Crippen LogP contribution in [0.15, 0.2) is 29.2 Å². The molecule has 7 nitrogen and oxygen atoms in total. The lowest BCUT2D eigenvalue weighted by atomic mass is 9.93. The maximum absolute atomic E-state index is 12.5. The second kappa shape index (κ2) is 8.44. The number of methoxy groups -OCH3 is 1. The zero-order chi connectivity index (χ0) is 18.4. The van der Waals surface area contributed by atoms with Crippen molar-refractivity contribution in [1.29, 1.82) is 0 Å². The fourth-order valence-corrected chi connectivity index (χ4v) is 4.06. The molecule has 1 aromatic carbocycles. The van der Waals surface area contributed by atoms with Gasteiger partial charge in [0.05, 0.1) is 17.3 Å². The molecule has 1 N–H and O–H groups in total. The molecule has 0 radical (unpaired) electrons. The fourth-order valence-electron chi connectivity index (χ4n) is 2.89. The highest BCUT2D eigenvalue weighted by atomic mass is 32.2. The highest BCUT2D eigenvalue weighted by Crippen LogP contribution is 2.22. The van der Waals surface area contributed by atoms with Crippen molar-refractivity contribution in [3.8, 4) is 0 Å². The summed E-state index contributed by atoms with van der Waals surface area (Å²) in [5.41, 5.74) is 0.433. The van der Waals surface area contributed by atoms with E-state index in [2.05, 4.69) is 0 Å². The van der Waals surface area contributed by atoms with Gasteiger partial charge in [-0.15, -0.1) is 0 Å². The topological polar surface area (TPSA) is 101 Å². The van der Waals surface area contributed by atoms with Gasteiger partial charge >= 0.3 is 5.97 Å². The first-order chi connectivity index (χ1) is 11.8. The molecule has 1 fully saturated rings. The number of piperidine rings is 1. The number of aliphatic carboxylic acids is 1. The molecule has 1 aliphatic rings. The van der Waals surface area contributed by atoms with Gasteiger partial charge in [-0.05, 0) is 43.0 Å². The van der Waals surface area contributed by atoms with Crippen molar-refractivity contribution in [3.05, 3.63) is 29.8 Å². The maximum Gasteiger partial charge on any atom is 0.303 e. The molecule has 1 amide bonds. The molecule has 2 rings (SSSR count). The fraction of sp³-hybridized carbons (Fsp3) is 0.529. The van der Waals surface area contributed by atoms with Gasteiger partial charge in [-0.3, -0.25) is 9.59 Å². The molecule has 0 atom stereocenters. The molecule has 25 heavy (non-hydrogen) atoms. The van der Waals surface area contributed by atoms with Gasteiger partial charge in [0.25, 0.3) is 5.91 Å². The van der Waals surface area contributed by atoms with Crippen LogP contribution in [0.1, 0.15) is 29.6 Å². The van der Waals surface area contributed by atoms with Crippen LogP contribution in [0.25, 0.3) is 0 Å². The van der Waals surface area contributed by atoms with Gasteiger partial charge in [0.1, 0.15) is 0 Å². The van der Waals surface area contributed by atoms with Gasteiger partial charge in [-0.1, -0.05) is 0 Å². The van der Waals surface area contributed by atoms with Crippen LogP contribution in [0.5, 0.6) is 0 Å². The zero-order valence-corrected chi connectivity index (χ0v) is 15.0. The molecular weight excluding hydrogens is 346 g/mol. The van der Waals surface area contributed by atoms with E-state index in [0.29, 0.717) is 31.5 Å². The molecule has 1 saturated heterocycles. The van der Waals surface area contributed by atoms with Gasteiger partial charge in [-0.25, -0.2) is 8.42 Å². The number of benzene rings is 1. The van der Waals surface area contributed by atoms with Crippen molar-refractivity contribution in [2.24, 2.45) is 5.92 Å². The van der Waals surface area contributed by atoms with Crippen LogP contribution < -0.4 is 0 Å². The minimum absolute atomic E-state index is 0.103. The number of sulfone groups is 1. The number of nitrogens with zero attached hydrogens (tertiary/aromatic N) is 1. The van der Waals surface area contributed by atoms with Gasteiger partial charge < -0.3 is 14.7 Å². The molecule has 0 unspecified atom stereocenters. The molecule has 1 aliphatic heterocycles. The van der Waals surface area contributed by atoms with E-state index in [0.717, 1.165) is 0 Å². The summed E-state index contributed by atoms with van der Waals surface area (Å²) in [7, 11) is -1.97. The Kier molecular flexibility index (Phi) is 6.55. The molecule has 0 saturated carbocycles. The van der Waals surface area contributed by atoms with Crippen LogP contribution in [-0.2, 0) is 19.4 Å². The van der Waals surface area contributed by atoms with E-state index in [-0.39, 0.29) is 35.5 Å². The van der Waals surface area contributed by atoms with Crippen LogP contribution in [0.2, 0.25) is 0 Å². The Hall–Kier alpha value is -1.93. The molecule has 0 spiro atoms. The summed E-state index contributed by atoms with van der Waals surface area (Å²) in [4.78, 5) is 25.1. The summed E-state index contributed by atoms with van der Waals surface area (Å²) >= 11 is 0. The van der Waals surface area contributed by atoms with Crippen LogP contribution in [0, 0.1) is 5.92 Å². The molecular formula is C17H23NO6S. The number of hydrogen-bond acceptors (Lipinski definition) is 5. The summed E-state index contributed by atoms with van der Waals surface area (Å²) in [5.74, 6) is -0.965. The normalized spacial score (nSPS) is 16.0. The summed E-state index contributed by atoms with van der Waals surface area (Å²) < 4.78 is 28.9. The van der Waals surface area contributed by atoms with E-state index in [1.165, 1.54) is 31.4 Å². The van der Waals surface area contributed by atoms with E-state index in [1.807, 2.05) is 0 Å². The van der Waals surface area contributed by atoms with Gasteiger partial charge in [0.15, 0.2) is 9.84 Å². The number of ether oxygens (including phenoxy) is 1. The highest BCUT2D eigenvalue weighted by molar-refractivity contribution is 7.91. The van der Waals surface area contributed by atoms with Crippen molar-refractivity contribution < 1.29 is 27.9 Å². The van der Waals surface area contributed by atoms with Crippen LogP contribution >= 0.6 is 0 Å². The van der Waals surface area contributed by atoms with Crippen molar-refractivity contribution in [3.63, 3.8) is 0 Å². The Labute approximate surface area is 147 Å². The lowest BCUT2D eigenvalue weighted by Crippen LogP contribution is -2.38. The second-order valence-electron chi connectivity index (χ2n) is 6.17. The average Bonchev–Trinajstić information content (AvgIpc) is 2.60. The number of carbonyl (C=O) groups excluding carboxylic acids is 1. The number of carbonyl (C=O) groups is 2. The molecule has 138 valence electrons. The van der Waals surface area contributed by atoms with Gasteiger partial charge in [0.2, 0.25) is 0 Å². The molecule has 0 aromatic heterocycles. The Morgan fingerprint density at radius 3 is 2.32 bits per heavy atom. The first-order valence-corrected chi connectivity index (χ1v) is 9.81. The summed E-state index contributed by atoms with van der Waals surface area (Å²) in [6, 6.07) is 5.92. The average molecular weight is 369 g/mol. The standard InChI is InChI=1S/C17H23NO6S/c1-24-10-11-25(22,23)15-4-2-14(3-5-15)17(21)18-8-6-13(7-9-18)12-16(19)20/h2-5,13H,6-12H2,1H3,(H,19,20). The lowest BCUT2D eigenvalue weighted by molar-refractivity contribution is -0.138. The predicted octanol–water partition coefficient (Wildman–Crippen LogP) is 1.43. The zero-order valence-electron chi connectivity index (χ0n) is 14.2. The molecule has 0 bridgehead atoms. The predicted molar refractivity (Wildman–Crippen MR) is 91.3 cm³/mol. The Balaban J connectivity index is 1.98. The number of carboxylic acids is 1. The number of likely N-dealkylation sites (tertiary alicyclic amines) is 1. The third-order valence-electron chi connectivity index (χ3n) is 4.38. The first kappa shape index (κ1) is 19.4. The van der Waals surface area contributed by atoms with Crippen molar-refractivity contribution in [1.82, 2.24) is 4.90 Å². The minimum atomic E-state index is -3.41. The third kappa shape index (κ3) is 5.27. The molecule has 1 heterocycles. The SMILES string of the molecule is COCCS(=O)(=O)c1ccc(C(=O)N2CCC(CC(=O)O)CC2)cc1. The molecule has 8 heteroatoms. The number of amides is 1. The first-order valence-electron chi connectivity index (χ1n) is 8.16. The van der Waals surface area contributed by atoms with Gasteiger partial charge in [0, 0.05) is 32.2 Å². The smallest absolute Gasteiger partial charge is 0.303 e.